The molecular formula is C16H20ClN. The van der Waals surface area contributed by atoms with E-state index in [4.69, 9.17) is 11.6 Å². The Morgan fingerprint density at radius 1 is 1.39 bits per heavy atom. The average Bonchev–Trinajstić information content (AvgIpc) is 2.69. The molecule has 0 saturated carbocycles. The van der Waals surface area contributed by atoms with Gasteiger partial charge in [-0.15, -0.1) is 11.6 Å². The summed E-state index contributed by atoms with van der Waals surface area (Å²) in [6.07, 6.45) is 8.83. The van der Waals surface area contributed by atoms with Crippen molar-refractivity contribution in [3.63, 3.8) is 0 Å². The van der Waals surface area contributed by atoms with Gasteiger partial charge in [-0.05, 0) is 42.7 Å². The minimum atomic E-state index is 0.191. The van der Waals surface area contributed by atoms with Crippen molar-refractivity contribution in [2.75, 3.05) is 0 Å². The Balaban J connectivity index is 1.93. The number of aryl methyl sites for hydroxylation is 1. The highest BCUT2D eigenvalue weighted by atomic mass is 35.5. The Kier molecular flexibility index (Phi) is 2.97. The first-order valence-electron chi connectivity index (χ1n) is 6.84. The highest BCUT2D eigenvalue weighted by molar-refractivity contribution is 6.21. The van der Waals surface area contributed by atoms with E-state index in [1.807, 2.05) is 12.3 Å². The minimum Gasteiger partial charge on any atom is -0.260 e. The summed E-state index contributed by atoms with van der Waals surface area (Å²) in [5.41, 5.74) is 4.57. The number of aromatic nitrogens is 1. The van der Waals surface area contributed by atoms with Crippen LogP contribution in [-0.4, -0.2) is 10.4 Å². The molecule has 0 aliphatic heterocycles. The summed E-state index contributed by atoms with van der Waals surface area (Å²) in [5, 5.41) is 0.191. The molecule has 0 bridgehead atoms. The predicted octanol–water partition coefficient (Wildman–Crippen LogP) is 4.47. The summed E-state index contributed by atoms with van der Waals surface area (Å²) in [5.74, 6) is 0.516. The van der Waals surface area contributed by atoms with E-state index in [0.717, 1.165) is 12.8 Å². The number of hydrogen-bond acceptors (Lipinski definition) is 1. The first-order chi connectivity index (χ1) is 8.55. The fourth-order valence-electron chi connectivity index (χ4n) is 3.52. The number of pyridine rings is 1. The zero-order valence-electron chi connectivity index (χ0n) is 11.1. The first kappa shape index (κ1) is 12.2. The van der Waals surface area contributed by atoms with Crippen LogP contribution >= 0.6 is 11.6 Å². The van der Waals surface area contributed by atoms with Crippen molar-refractivity contribution in [1.82, 2.24) is 4.98 Å². The number of allylic oxidation sites excluding steroid dienone is 2. The van der Waals surface area contributed by atoms with Crippen LogP contribution in [-0.2, 0) is 6.42 Å². The Morgan fingerprint density at radius 2 is 2.22 bits per heavy atom. The van der Waals surface area contributed by atoms with Crippen LogP contribution in [0.15, 0.2) is 30.0 Å². The van der Waals surface area contributed by atoms with E-state index in [9.17, 15) is 0 Å². The topological polar surface area (TPSA) is 12.9 Å². The Labute approximate surface area is 114 Å². The van der Waals surface area contributed by atoms with Crippen LogP contribution in [0.2, 0.25) is 0 Å². The highest BCUT2D eigenvalue weighted by Gasteiger charge is 2.34. The molecule has 0 radical (unpaired) electrons. The first-order valence-corrected chi connectivity index (χ1v) is 7.27. The van der Waals surface area contributed by atoms with Crippen LogP contribution in [0, 0.1) is 5.41 Å². The quantitative estimate of drug-likeness (QED) is 0.537. The van der Waals surface area contributed by atoms with Crippen molar-refractivity contribution in [2.24, 2.45) is 5.41 Å². The number of alkyl halides is 1. The molecule has 0 saturated heterocycles. The van der Waals surface area contributed by atoms with Gasteiger partial charge in [0.05, 0.1) is 11.1 Å². The number of nitrogens with zero attached hydrogens (tertiary/aromatic N) is 1. The molecule has 2 aliphatic rings. The van der Waals surface area contributed by atoms with Crippen molar-refractivity contribution >= 4 is 11.6 Å². The third-order valence-corrected chi connectivity index (χ3v) is 4.51. The molecule has 2 unspecified atom stereocenters. The largest absolute Gasteiger partial charge is 0.260 e. The lowest BCUT2D eigenvalue weighted by molar-refractivity contribution is 0.314. The lowest BCUT2D eigenvalue weighted by Crippen LogP contribution is -2.24. The summed E-state index contributed by atoms with van der Waals surface area (Å²) < 4.78 is 0. The second kappa shape index (κ2) is 4.38. The number of fused-ring (bicyclic) bond motifs is 1. The lowest BCUT2D eigenvalue weighted by atomic mass is 9.73. The van der Waals surface area contributed by atoms with Gasteiger partial charge in [-0.25, -0.2) is 0 Å². The highest BCUT2D eigenvalue weighted by Crippen LogP contribution is 2.46. The van der Waals surface area contributed by atoms with Gasteiger partial charge >= 0.3 is 0 Å². The van der Waals surface area contributed by atoms with E-state index in [2.05, 4.69) is 31.0 Å². The summed E-state index contributed by atoms with van der Waals surface area (Å²) in [7, 11) is 0. The molecule has 0 fully saturated rings. The zero-order chi connectivity index (χ0) is 12.8. The Hall–Kier alpha value is -0.820. The standard InChI is InChI=1S/C16H20ClN/c1-16(2)9-12(8-13(17)10-16)14-6-5-11-4-3-7-18-15(11)14/h3-4,7-8,13-14H,5-6,9-10H2,1-2H3. The summed E-state index contributed by atoms with van der Waals surface area (Å²) in [4.78, 5) is 4.60. The number of halogens is 1. The van der Waals surface area contributed by atoms with Crippen LogP contribution in [0.3, 0.4) is 0 Å². The van der Waals surface area contributed by atoms with Gasteiger partial charge in [-0.3, -0.25) is 4.98 Å². The molecule has 0 amide bonds. The summed E-state index contributed by atoms with van der Waals surface area (Å²) >= 11 is 6.40. The van der Waals surface area contributed by atoms with E-state index in [-0.39, 0.29) is 5.38 Å². The Bertz CT molecular complexity index is 490. The van der Waals surface area contributed by atoms with Crippen LogP contribution in [0.5, 0.6) is 0 Å². The maximum Gasteiger partial charge on any atom is 0.0524 e. The second-order valence-corrected chi connectivity index (χ2v) is 7.00. The molecular weight excluding hydrogens is 242 g/mol. The van der Waals surface area contributed by atoms with Crippen molar-refractivity contribution in [1.29, 1.82) is 0 Å². The molecule has 1 nitrogen and oxygen atoms in total. The monoisotopic (exact) mass is 261 g/mol. The molecule has 18 heavy (non-hydrogen) atoms. The summed E-state index contributed by atoms with van der Waals surface area (Å²) in [6, 6.07) is 4.26. The fraction of sp³-hybridized carbons (Fsp3) is 0.562. The third-order valence-electron chi connectivity index (χ3n) is 4.23. The van der Waals surface area contributed by atoms with Crippen LogP contribution in [0.1, 0.15) is 50.3 Å². The van der Waals surface area contributed by atoms with Gasteiger partial charge in [0.1, 0.15) is 0 Å². The van der Waals surface area contributed by atoms with Crippen molar-refractivity contribution < 1.29 is 0 Å². The molecule has 0 N–H and O–H groups in total. The normalized spacial score (nSPS) is 29.8. The van der Waals surface area contributed by atoms with Crippen LogP contribution in [0.4, 0.5) is 0 Å². The second-order valence-electron chi connectivity index (χ2n) is 6.44. The third kappa shape index (κ3) is 2.21. The minimum absolute atomic E-state index is 0.191. The molecule has 0 spiro atoms. The van der Waals surface area contributed by atoms with Gasteiger partial charge in [0, 0.05) is 12.1 Å². The van der Waals surface area contributed by atoms with Gasteiger partial charge in [-0.1, -0.05) is 31.6 Å². The van der Waals surface area contributed by atoms with Crippen molar-refractivity contribution in [2.45, 2.75) is 50.8 Å². The maximum atomic E-state index is 6.40. The van der Waals surface area contributed by atoms with Crippen molar-refractivity contribution in [3.8, 4) is 0 Å². The number of rotatable bonds is 1. The van der Waals surface area contributed by atoms with E-state index >= 15 is 0 Å². The van der Waals surface area contributed by atoms with E-state index in [0.29, 0.717) is 11.3 Å². The molecule has 96 valence electrons. The predicted molar refractivity (Wildman–Crippen MR) is 76.0 cm³/mol. The Morgan fingerprint density at radius 3 is 3.00 bits per heavy atom. The van der Waals surface area contributed by atoms with Gasteiger partial charge in [-0.2, -0.15) is 0 Å². The average molecular weight is 262 g/mol. The smallest absolute Gasteiger partial charge is 0.0524 e. The van der Waals surface area contributed by atoms with E-state index in [1.54, 1.807) is 0 Å². The maximum absolute atomic E-state index is 6.40. The SMILES string of the molecule is CC1(C)CC(C2CCc3cccnc32)=CC(Cl)C1. The van der Waals surface area contributed by atoms with Gasteiger partial charge in [0.15, 0.2) is 0 Å². The van der Waals surface area contributed by atoms with Crippen molar-refractivity contribution in [3.05, 3.63) is 41.2 Å². The molecule has 3 rings (SSSR count). The van der Waals surface area contributed by atoms with Gasteiger partial charge in [0.2, 0.25) is 0 Å². The van der Waals surface area contributed by atoms with Gasteiger partial charge < -0.3 is 0 Å². The molecule has 1 aromatic heterocycles. The van der Waals surface area contributed by atoms with Crippen LogP contribution < -0.4 is 0 Å². The molecule has 2 heteroatoms. The molecule has 0 aromatic carbocycles. The fourth-order valence-corrected chi connectivity index (χ4v) is 4.10. The van der Waals surface area contributed by atoms with E-state index in [1.165, 1.54) is 29.7 Å². The zero-order valence-corrected chi connectivity index (χ0v) is 11.9. The van der Waals surface area contributed by atoms with Crippen LogP contribution in [0.25, 0.3) is 0 Å². The molecule has 2 atom stereocenters. The number of hydrogen-bond donors (Lipinski definition) is 0. The van der Waals surface area contributed by atoms with Gasteiger partial charge in [0.25, 0.3) is 0 Å². The lowest BCUT2D eigenvalue weighted by Gasteiger charge is -2.34. The molecule has 1 aromatic rings. The summed E-state index contributed by atoms with van der Waals surface area (Å²) in [6.45, 7) is 4.65. The van der Waals surface area contributed by atoms with E-state index < -0.39 is 0 Å². The molecule has 1 heterocycles. The molecule has 2 aliphatic carbocycles.